The van der Waals surface area contributed by atoms with Gasteiger partial charge in [-0.2, -0.15) is 0 Å². The topological polar surface area (TPSA) is 15.3 Å². The summed E-state index contributed by atoms with van der Waals surface area (Å²) in [4.78, 5) is 2.62. The molecule has 0 saturated heterocycles. The van der Waals surface area contributed by atoms with Gasteiger partial charge in [-0.3, -0.25) is 0 Å². The molecule has 0 unspecified atom stereocenters. The smallest absolute Gasteiger partial charge is 0.0414 e. The third-order valence-corrected chi connectivity index (χ3v) is 3.56. The first-order chi connectivity index (χ1) is 8.76. The molecule has 0 aromatic heterocycles. The maximum Gasteiger partial charge on any atom is 0.0414 e. The highest BCUT2D eigenvalue weighted by Crippen LogP contribution is 2.34. The Kier molecular flexibility index (Phi) is 4.65. The van der Waals surface area contributed by atoms with Crippen LogP contribution in [-0.4, -0.2) is 19.1 Å². The van der Waals surface area contributed by atoms with Gasteiger partial charge < -0.3 is 10.2 Å². The lowest BCUT2D eigenvalue weighted by Gasteiger charge is -2.27. The second-order valence-corrected chi connectivity index (χ2v) is 5.34. The Labute approximate surface area is 111 Å². The number of aryl methyl sites for hydroxylation is 1. The molecule has 0 atom stereocenters. The van der Waals surface area contributed by atoms with Crippen molar-refractivity contribution in [3.8, 4) is 0 Å². The molecule has 1 aliphatic carbocycles. The van der Waals surface area contributed by atoms with E-state index in [9.17, 15) is 0 Å². The van der Waals surface area contributed by atoms with Crippen LogP contribution in [-0.2, 0) is 6.54 Å². The van der Waals surface area contributed by atoms with E-state index in [1.54, 1.807) is 0 Å². The van der Waals surface area contributed by atoms with Gasteiger partial charge in [-0.25, -0.2) is 0 Å². The molecule has 1 aromatic carbocycles. The van der Waals surface area contributed by atoms with Crippen LogP contribution in [0.3, 0.4) is 0 Å². The summed E-state index contributed by atoms with van der Waals surface area (Å²) >= 11 is 0. The van der Waals surface area contributed by atoms with Crippen LogP contribution in [0.15, 0.2) is 18.2 Å². The fraction of sp³-hybridized carbons (Fsp3) is 0.625. The van der Waals surface area contributed by atoms with Crippen molar-refractivity contribution >= 4 is 5.69 Å². The van der Waals surface area contributed by atoms with Crippen LogP contribution in [0, 0.1) is 6.92 Å². The molecule has 2 rings (SSSR count). The standard InChI is InChI=1S/C16H26N2/c1-4-10-18(15-7-8-15)16-9-6-13(3)11-14(16)12-17-5-2/h6,9,11,15,17H,4-5,7-8,10,12H2,1-3H3. The van der Waals surface area contributed by atoms with Crippen LogP contribution in [0.5, 0.6) is 0 Å². The number of rotatable bonds is 7. The van der Waals surface area contributed by atoms with Crippen molar-refractivity contribution in [2.24, 2.45) is 0 Å². The minimum atomic E-state index is 0.799. The predicted octanol–water partition coefficient (Wildman–Crippen LogP) is 3.48. The molecular formula is C16H26N2. The zero-order valence-corrected chi connectivity index (χ0v) is 12.0. The molecule has 1 saturated carbocycles. The molecule has 1 aliphatic rings. The predicted molar refractivity (Wildman–Crippen MR) is 79.2 cm³/mol. The van der Waals surface area contributed by atoms with Gasteiger partial charge in [0.25, 0.3) is 0 Å². The van der Waals surface area contributed by atoms with Crippen LogP contribution in [0.2, 0.25) is 0 Å². The van der Waals surface area contributed by atoms with Gasteiger partial charge in [-0.05, 0) is 44.4 Å². The van der Waals surface area contributed by atoms with Gasteiger partial charge in [-0.1, -0.05) is 31.5 Å². The minimum Gasteiger partial charge on any atom is -0.368 e. The summed E-state index contributed by atoms with van der Waals surface area (Å²) in [5, 5.41) is 3.46. The molecule has 1 aromatic rings. The van der Waals surface area contributed by atoms with E-state index in [1.165, 1.54) is 42.6 Å². The lowest BCUT2D eigenvalue weighted by atomic mass is 10.1. The third kappa shape index (κ3) is 3.26. The molecule has 1 fully saturated rings. The molecule has 0 aliphatic heterocycles. The third-order valence-electron chi connectivity index (χ3n) is 3.56. The molecule has 0 radical (unpaired) electrons. The Morgan fingerprint density at radius 1 is 1.28 bits per heavy atom. The van der Waals surface area contributed by atoms with Crippen molar-refractivity contribution in [3.05, 3.63) is 29.3 Å². The van der Waals surface area contributed by atoms with Crippen LogP contribution in [0.4, 0.5) is 5.69 Å². The first-order valence-electron chi connectivity index (χ1n) is 7.33. The minimum absolute atomic E-state index is 0.799. The molecule has 0 amide bonds. The summed E-state index contributed by atoms with van der Waals surface area (Å²) < 4.78 is 0. The molecule has 0 heterocycles. The van der Waals surface area contributed by atoms with Gasteiger partial charge in [0.2, 0.25) is 0 Å². The molecule has 0 bridgehead atoms. The fourth-order valence-corrected chi connectivity index (χ4v) is 2.52. The highest BCUT2D eigenvalue weighted by Gasteiger charge is 2.29. The first kappa shape index (κ1) is 13.4. The lowest BCUT2D eigenvalue weighted by molar-refractivity contribution is 0.710. The van der Waals surface area contributed by atoms with Gasteiger partial charge in [0.15, 0.2) is 0 Å². The molecule has 18 heavy (non-hydrogen) atoms. The van der Waals surface area contributed by atoms with Crippen molar-refractivity contribution in [2.45, 2.75) is 52.6 Å². The maximum absolute atomic E-state index is 3.46. The second kappa shape index (κ2) is 6.24. The summed E-state index contributed by atoms with van der Waals surface area (Å²) in [6.07, 6.45) is 3.97. The largest absolute Gasteiger partial charge is 0.368 e. The number of hydrogen-bond donors (Lipinski definition) is 1. The number of nitrogens with zero attached hydrogens (tertiary/aromatic N) is 1. The Hall–Kier alpha value is -1.02. The normalized spacial score (nSPS) is 14.8. The summed E-state index contributed by atoms with van der Waals surface area (Å²) in [5.41, 5.74) is 4.27. The average Bonchev–Trinajstić information content (AvgIpc) is 3.18. The van der Waals surface area contributed by atoms with E-state index in [2.05, 4.69) is 49.2 Å². The lowest BCUT2D eigenvalue weighted by Crippen LogP contribution is -2.28. The van der Waals surface area contributed by atoms with Crippen molar-refractivity contribution in [1.29, 1.82) is 0 Å². The fourth-order valence-electron chi connectivity index (χ4n) is 2.52. The van der Waals surface area contributed by atoms with E-state index in [-0.39, 0.29) is 0 Å². The summed E-state index contributed by atoms with van der Waals surface area (Å²) in [6.45, 7) is 9.83. The van der Waals surface area contributed by atoms with E-state index in [0.29, 0.717) is 0 Å². The van der Waals surface area contributed by atoms with Gasteiger partial charge >= 0.3 is 0 Å². The zero-order chi connectivity index (χ0) is 13.0. The molecule has 2 nitrogen and oxygen atoms in total. The number of anilines is 1. The highest BCUT2D eigenvalue weighted by atomic mass is 15.2. The number of nitrogens with one attached hydrogen (secondary N) is 1. The number of hydrogen-bond acceptors (Lipinski definition) is 2. The van der Waals surface area contributed by atoms with Gasteiger partial charge in [0.05, 0.1) is 0 Å². The van der Waals surface area contributed by atoms with E-state index in [0.717, 1.165) is 19.1 Å². The monoisotopic (exact) mass is 246 g/mol. The summed E-state index contributed by atoms with van der Waals surface area (Å²) in [7, 11) is 0. The average molecular weight is 246 g/mol. The number of benzene rings is 1. The van der Waals surface area contributed by atoms with Crippen LogP contribution in [0.25, 0.3) is 0 Å². The van der Waals surface area contributed by atoms with E-state index >= 15 is 0 Å². The van der Waals surface area contributed by atoms with E-state index in [4.69, 9.17) is 0 Å². The quantitative estimate of drug-likeness (QED) is 0.792. The van der Waals surface area contributed by atoms with Crippen molar-refractivity contribution in [2.75, 3.05) is 18.0 Å². The van der Waals surface area contributed by atoms with Gasteiger partial charge in [0.1, 0.15) is 0 Å². The maximum atomic E-state index is 3.46. The van der Waals surface area contributed by atoms with E-state index in [1.807, 2.05) is 0 Å². The van der Waals surface area contributed by atoms with Gasteiger partial charge in [0, 0.05) is 24.8 Å². The van der Waals surface area contributed by atoms with Crippen molar-refractivity contribution in [1.82, 2.24) is 5.32 Å². The van der Waals surface area contributed by atoms with Gasteiger partial charge in [-0.15, -0.1) is 0 Å². The summed E-state index contributed by atoms with van der Waals surface area (Å²) in [6, 6.07) is 7.70. The Morgan fingerprint density at radius 3 is 2.67 bits per heavy atom. The zero-order valence-electron chi connectivity index (χ0n) is 12.0. The van der Waals surface area contributed by atoms with Crippen LogP contribution in [0.1, 0.15) is 44.2 Å². The highest BCUT2D eigenvalue weighted by molar-refractivity contribution is 5.56. The van der Waals surface area contributed by atoms with Crippen LogP contribution < -0.4 is 10.2 Å². The molecule has 100 valence electrons. The molecule has 1 N–H and O–H groups in total. The molecule has 0 spiro atoms. The van der Waals surface area contributed by atoms with Crippen molar-refractivity contribution < 1.29 is 0 Å². The summed E-state index contributed by atoms with van der Waals surface area (Å²) in [5.74, 6) is 0. The SMILES string of the molecule is CCCN(c1ccc(C)cc1CNCC)C1CC1. The Morgan fingerprint density at radius 2 is 2.06 bits per heavy atom. The molecular weight excluding hydrogens is 220 g/mol. The molecule has 2 heteroatoms. The first-order valence-corrected chi connectivity index (χ1v) is 7.33. The second-order valence-electron chi connectivity index (χ2n) is 5.34. The Bertz CT molecular complexity index is 383. The van der Waals surface area contributed by atoms with Crippen molar-refractivity contribution in [3.63, 3.8) is 0 Å². The Balaban J connectivity index is 2.22. The van der Waals surface area contributed by atoms with Crippen LogP contribution >= 0.6 is 0 Å². The van der Waals surface area contributed by atoms with E-state index < -0.39 is 0 Å².